The van der Waals surface area contributed by atoms with E-state index in [4.69, 9.17) is 16.8 Å². The molecule has 4 nitrogen and oxygen atoms in total. The van der Waals surface area contributed by atoms with Gasteiger partial charge >= 0.3 is 8.80 Å². The fraction of sp³-hybridized carbons (Fsp3) is 0.923. The summed E-state index contributed by atoms with van der Waals surface area (Å²) < 4.78 is 24.6. The van der Waals surface area contributed by atoms with E-state index in [9.17, 15) is 0 Å². The molecule has 9 heteroatoms. The van der Waals surface area contributed by atoms with Gasteiger partial charge in [0.1, 0.15) is 9.76 Å². The van der Waals surface area contributed by atoms with Crippen molar-refractivity contribution in [3.8, 4) is 0 Å². The Balaban J connectivity index is 4.31. The van der Waals surface area contributed by atoms with Gasteiger partial charge in [0, 0.05) is 6.55 Å². The molecule has 0 aromatic heterocycles. The van der Waals surface area contributed by atoms with Crippen LogP contribution in [0.15, 0.2) is 0 Å². The monoisotopic (exact) mass is 397 g/mol. The highest BCUT2D eigenvalue weighted by molar-refractivity contribution is 6.85. The fourth-order valence-corrected chi connectivity index (χ4v) is 15.5. The number of rotatable bonds is 11. The van der Waals surface area contributed by atoms with Crippen molar-refractivity contribution < 1.29 is 16.8 Å². The lowest BCUT2D eigenvalue weighted by molar-refractivity contribution is 0.206. The third kappa shape index (κ3) is 14.5. The number of hydrogen-bond acceptors (Lipinski definition) is 4. The van der Waals surface area contributed by atoms with E-state index in [0.717, 1.165) is 12.5 Å². The van der Waals surface area contributed by atoms with Crippen LogP contribution in [0.1, 0.15) is 6.42 Å². The first-order valence-electron chi connectivity index (χ1n) is 8.16. The van der Waals surface area contributed by atoms with E-state index in [0.29, 0.717) is 0 Å². The largest absolute Gasteiger partial charge is 0.477 e. The molecule has 0 heterocycles. The Morgan fingerprint density at radius 3 is 1.55 bits per heavy atom. The van der Waals surface area contributed by atoms with Gasteiger partial charge in [0.15, 0.2) is 25.0 Å². The Hall–Kier alpha value is 0.924. The summed E-state index contributed by atoms with van der Waals surface area (Å²) in [5, 5.41) is 0. The molecule has 0 unspecified atom stereocenters. The number of hydrogen-bond donors (Lipinski definition) is 0. The van der Waals surface area contributed by atoms with Crippen LogP contribution in [0, 0.1) is 6.61 Å². The maximum absolute atomic E-state index is 6.29. The van der Waals surface area contributed by atoms with E-state index >= 15 is 0 Å². The smallest absolute Gasteiger partial charge is 0.461 e. The molecule has 133 valence electrons. The predicted octanol–water partition coefficient (Wildman–Crippen LogP) is 4.18. The first-order valence-corrected chi connectivity index (χ1v) is 22.2. The van der Waals surface area contributed by atoms with Crippen LogP contribution in [0.25, 0.3) is 0 Å². The Bertz CT molecular complexity index is 304. The molecule has 0 aromatic carbocycles. The van der Waals surface area contributed by atoms with Gasteiger partial charge in [-0.05, 0) is 71.4 Å². The van der Waals surface area contributed by atoms with Crippen molar-refractivity contribution in [1.29, 1.82) is 0 Å². The fourth-order valence-electron chi connectivity index (χ4n) is 1.94. The Morgan fingerprint density at radius 2 is 1.18 bits per heavy atom. The van der Waals surface area contributed by atoms with Crippen molar-refractivity contribution in [2.45, 2.75) is 77.9 Å². The van der Waals surface area contributed by atoms with Crippen molar-refractivity contribution in [3.63, 3.8) is 0 Å². The third-order valence-corrected chi connectivity index (χ3v) is 15.7. The lowest BCUT2D eigenvalue weighted by Gasteiger charge is -2.36. The van der Waals surface area contributed by atoms with Crippen molar-refractivity contribution in [3.05, 3.63) is 6.61 Å². The highest BCUT2D eigenvalue weighted by Gasteiger charge is 2.43. The maximum atomic E-state index is 6.29. The van der Waals surface area contributed by atoms with Gasteiger partial charge in [0.05, 0.1) is 6.61 Å². The van der Waals surface area contributed by atoms with Crippen LogP contribution in [0.2, 0.25) is 71.5 Å². The summed E-state index contributed by atoms with van der Waals surface area (Å²) >= 11 is 0. The average molecular weight is 398 g/mol. The van der Waals surface area contributed by atoms with E-state index in [1.807, 2.05) is 13.2 Å². The Kier molecular flexibility index (Phi) is 9.23. The van der Waals surface area contributed by atoms with Crippen molar-refractivity contribution in [2.24, 2.45) is 0 Å². The van der Waals surface area contributed by atoms with Crippen LogP contribution in [0.3, 0.4) is 0 Å². The van der Waals surface area contributed by atoms with E-state index < -0.39 is 43.5 Å². The third-order valence-electron chi connectivity index (χ3n) is 2.28. The quantitative estimate of drug-likeness (QED) is 0.387. The molecule has 0 N–H and O–H groups in total. The lowest BCUT2D eigenvalue weighted by atomic mass is 10.5. The minimum Gasteiger partial charge on any atom is -0.461 e. The second-order valence-electron chi connectivity index (χ2n) is 8.68. The van der Waals surface area contributed by atoms with Crippen LogP contribution in [-0.4, -0.2) is 43.5 Å². The normalized spacial score (nSPS) is 15.0. The predicted molar refractivity (Wildman–Crippen MR) is 108 cm³/mol. The summed E-state index contributed by atoms with van der Waals surface area (Å²) in [6, 6.07) is 1.12. The van der Waals surface area contributed by atoms with E-state index in [-0.39, 0.29) is 0 Å². The molecule has 0 aliphatic carbocycles. The van der Waals surface area contributed by atoms with Crippen LogP contribution < -0.4 is 0 Å². The molecule has 0 aliphatic heterocycles. The van der Waals surface area contributed by atoms with E-state index in [1.165, 1.54) is 0 Å². The molecule has 0 rings (SSSR count). The standard InChI is InChI=1S/C13H37O4Si5/c1-19(2,3)15-18-13-11-12-14-22(10,16-20(4,5)6)17-21(7,8)9/h12H,11,13,18H2,1-10H3. The van der Waals surface area contributed by atoms with Gasteiger partial charge < -0.3 is 16.8 Å². The molecule has 0 aromatic rings. The van der Waals surface area contributed by atoms with Gasteiger partial charge in [-0.2, -0.15) is 0 Å². The minimum atomic E-state index is -2.57. The summed E-state index contributed by atoms with van der Waals surface area (Å²) in [4.78, 5) is 0. The second kappa shape index (κ2) is 8.86. The van der Waals surface area contributed by atoms with Gasteiger partial charge in [0.25, 0.3) is 0 Å². The zero-order chi connectivity index (χ0) is 17.7. The molecule has 0 saturated carbocycles. The zero-order valence-electron chi connectivity index (χ0n) is 16.3. The van der Waals surface area contributed by atoms with Gasteiger partial charge in [-0.25, -0.2) is 0 Å². The van der Waals surface area contributed by atoms with Crippen molar-refractivity contribution >= 4 is 43.5 Å². The Morgan fingerprint density at radius 1 is 0.727 bits per heavy atom. The van der Waals surface area contributed by atoms with Gasteiger partial charge in [0.2, 0.25) is 0 Å². The summed E-state index contributed by atoms with van der Waals surface area (Å²) in [6.07, 6.45) is 0.934. The lowest BCUT2D eigenvalue weighted by Crippen LogP contribution is -2.54. The topological polar surface area (TPSA) is 36.9 Å². The Labute approximate surface area is 145 Å². The summed E-state index contributed by atoms with van der Waals surface area (Å²) in [5.41, 5.74) is 0. The van der Waals surface area contributed by atoms with Gasteiger partial charge in [-0.15, -0.1) is 0 Å². The van der Waals surface area contributed by atoms with Crippen LogP contribution in [-0.2, 0) is 16.8 Å². The molecule has 0 spiro atoms. The molecule has 0 amide bonds. The molecular weight excluding hydrogens is 361 g/mol. The van der Waals surface area contributed by atoms with Crippen molar-refractivity contribution in [1.82, 2.24) is 0 Å². The van der Waals surface area contributed by atoms with Crippen molar-refractivity contribution in [2.75, 3.05) is 0 Å². The molecule has 1 radical (unpaired) electrons. The van der Waals surface area contributed by atoms with Gasteiger partial charge in [-0.1, -0.05) is 0 Å². The molecule has 0 fully saturated rings. The van der Waals surface area contributed by atoms with Gasteiger partial charge in [-0.3, -0.25) is 0 Å². The first kappa shape index (κ1) is 22.9. The first-order chi connectivity index (χ1) is 9.62. The average Bonchev–Trinajstić information content (AvgIpc) is 2.15. The van der Waals surface area contributed by atoms with Crippen LogP contribution >= 0.6 is 0 Å². The molecule has 0 aliphatic rings. The summed E-state index contributed by atoms with van der Waals surface area (Å²) in [5.74, 6) is 0. The van der Waals surface area contributed by atoms with Crippen LogP contribution in [0.5, 0.6) is 0 Å². The highest BCUT2D eigenvalue weighted by Crippen LogP contribution is 2.23. The second-order valence-corrected chi connectivity index (χ2v) is 27.2. The zero-order valence-corrected chi connectivity index (χ0v) is 21.7. The van der Waals surface area contributed by atoms with E-state index in [1.54, 1.807) is 0 Å². The molecule has 0 bridgehead atoms. The minimum absolute atomic E-state index is 0.423. The summed E-state index contributed by atoms with van der Waals surface area (Å²) in [6.45, 7) is 23.8. The van der Waals surface area contributed by atoms with Crippen LogP contribution in [0.4, 0.5) is 0 Å². The SMILES string of the molecule is C[Si](C)(C)O[SiH2]CC[CH]O[Si](C)(O[Si](C)(C)C)O[Si](C)(C)C. The maximum Gasteiger partial charge on any atom is 0.477 e. The highest BCUT2D eigenvalue weighted by atomic mass is 28.5. The van der Waals surface area contributed by atoms with E-state index in [2.05, 4.69) is 58.9 Å². The molecular formula is C13H37O4Si5. The molecule has 22 heavy (non-hydrogen) atoms. The molecule has 0 atom stereocenters. The molecule has 0 saturated heterocycles. The summed E-state index contributed by atoms with van der Waals surface area (Å²) in [7, 11) is -7.71.